The van der Waals surface area contributed by atoms with Crippen LogP contribution in [-0.2, 0) is 16.1 Å². The summed E-state index contributed by atoms with van der Waals surface area (Å²) in [6, 6.07) is 20.4. The van der Waals surface area contributed by atoms with Crippen LogP contribution in [0.15, 0.2) is 84.0 Å². The number of aromatic nitrogens is 3. The van der Waals surface area contributed by atoms with Crippen LogP contribution in [0.3, 0.4) is 0 Å². The van der Waals surface area contributed by atoms with Crippen molar-refractivity contribution in [3.8, 4) is 11.4 Å². The van der Waals surface area contributed by atoms with Gasteiger partial charge in [0, 0.05) is 5.69 Å². The predicted octanol–water partition coefficient (Wildman–Crippen LogP) is 3.97. The van der Waals surface area contributed by atoms with Gasteiger partial charge in [0.2, 0.25) is 5.91 Å². The van der Waals surface area contributed by atoms with Crippen molar-refractivity contribution in [3.63, 3.8) is 0 Å². The molecule has 4 aromatic rings. The van der Waals surface area contributed by atoms with E-state index in [-0.39, 0.29) is 30.5 Å². The number of hydrogen-bond donors (Lipinski definition) is 2. The van der Waals surface area contributed by atoms with Gasteiger partial charge in [-0.2, -0.15) is 0 Å². The number of amides is 2. The number of hydrogen-bond acceptors (Lipinski definition) is 6. The Morgan fingerprint density at radius 2 is 1.61 bits per heavy atom. The van der Waals surface area contributed by atoms with E-state index in [9.17, 15) is 18.4 Å². The zero-order chi connectivity index (χ0) is 25.3. The van der Waals surface area contributed by atoms with Crippen LogP contribution >= 0.6 is 11.8 Å². The number of anilines is 1. The molecular formula is C25H21F2N5O3S. The highest BCUT2D eigenvalue weighted by Gasteiger charge is 2.17. The summed E-state index contributed by atoms with van der Waals surface area (Å²) in [6.45, 7) is -0.171. The van der Waals surface area contributed by atoms with Crippen molar-refractivity contribution < 1.29 is 23.1 Å². The maximum absolute atomic E-state index is 13.8. The van der Waals surface area contributed by atoms with E-state index in [2.05, 4.69) is 20.8 Å². The zero-order valence-electron chi connectivity index (χ0n) is 18.9. The lowest BCUT2D eigenvalue weighted by molar-refractivity contribution is -0.123. The smallest absolute Gasteiger partial charge is 0.258 e. The average Bonchev–Trinajstić information content (AvgIpc) is 3.30. The Bertz CT molecular complexity index is 1330. The molecule has 36 heavy (non-hydrogen) atoms. The van der Waals surface area contributed by atoms with Gasteiger partial charge < -0.3 is 15.4 Å². The minimum atomic E-state index is -0.542. The Kier molecular flexibility index (Phi) is 8.24. The van der Waals surface area contributed by atoms with Crippen molar-refractivity contribution in [3.05, 3.63) is 96.3 Å². The predicted molar refractivity (Wildman–Crippen MR) is 131 cm³/mol. The summed E-state index contributed by atoms with van der Waals surface area (Å²) >= 11 is 1.07. The van der Waals surface area contributed by atoms with E-state index in [0.29, 0.717) is 22.4 Å². The highest BCUT2D eigenvalue weighted by molar-refractivity contribution is 7.99. The second-order valence-electron chi connectivity index (χ2n) is 7.41. The summed E-state index contributed by atoms with van der Waals surface area (Å²) in [5.41, 5.74) is 0.618. The molecule has 0 atom stereocenters. The maximum atomic E-state index is 13.8. The lowest BCUT2D eigenvalue weighted by Crippen LogP contribution is -2.29. The zero-order valence-corrected chi connectivity index (χ0v) is 19.7. The minimum absolute atomic E-state index is 0.0172. The van der Waals surface area contributed by atoms with Gasteiger partial charge in [0.25, 0.3) is 5.91 Å². The number of carbonyl (C=O) groups is 2. The number of halogens is 2. The molecule has 2 N–H and O–H groups in total. The molecule has 0 bridgehead atoms. The Morgan fingerprint density at radius 3 is 2.36 bits per heavy atom. The number of nitrogens with zero attached hydrogens (tertiary/aromatic N) is 3. The largest absolute Gasteiger partial charge is 0.484 e. The summed E-state index contributed by atoms with van der Waals surface area (Å²) in [5, 5.41) is 13.8. The Balaban J connectivity index is 1.43. The highest BCUT2D eigenvalue weighted by Crippen LogP contribution is 2.23. The number of thioether (sulfide) groups is 1. The molecule has 0 saturated carbocycles. The number of carbonyl (C=O) groups excluding carboxylic acids is 2. The van der Waals surface area contributed by atoms with Crippen LogP contribution < -0.4 is 15.4 Å². The van der Waals surface area contributed by atoms with Crippen LogP contribution in [0.5, 0.6) is 5.75 Å². The Morgan fingerprint density at radius 1 is 0.889 bits per heavy atom. The first-order valence-corrected chi connectivity index (χ1v) is 11.8. The Labute approximate surface area is 209 Å². The van der Waals surface area contributed by atoms with Gasteiger partial charge in [0.05, 0.1) is 18.0 Å². The number of benzene rings is 3. The van der Waals surface area contributed by atoms with Gasteiger partial charge in [0.15, 0.2) is 17.6 Å². The molecule has 0 radical (unpaired) electrons. The third-order valence-electron chi connectivity index (χ3n) is 4.82. The molecule has 8 nitrogen and oxygen atoms in total. The van der Waals surface area contributed by atoms with Crippen molar-refractivity contribution >= 4 is 29.3 Å². The topological polar surface area (TPSA) is 98.1 Å². The molecule has 4 rings (SSSR count). The van der Waals surface area contributed by atoms with E-state index in [0.717, 1.165) is 11.8 Å². The number of para-hydroxylation sites is 2. The second-order valence-corrected chi connectivity index (χ2v) is 8.35. The number of rotatable bonds is 10. The van der Waals surface area contributed by atoms with E-state index in [1.807, 2.05) is 6.07 Å². The van der Waals surface area contributed by atoms with E-state index in [1.165, 1.54) is 42.5 Å². The van der Waals surface area contributed by atoms with Gasteiger partial charge in [0.1, 0.15) is 17.4 Å². The van der Waals surface area contributed by atoms with E-state index < -0.39 is 17.5 Å². The van der Waals surface area contributed by atoms with Crippen molar-refractivity contribution in [2.45, 2.75) is 11.7 Å². The van der Waals surface area contributed by atoms with Crippen LogP contribution in [0.2, 0.25) is 0 Å². The van der Waals surface area contributed by atoms with Crippen LogP contribution in [0, 0.1) is 11.6 Å². The van der Waals surface area contributed by atoms with Gasteiger partial charge in [-0.25, -0.2) is 8.78 Å². The van der Waals surface area contributed by atoms with Gasteiger partial charge in [-0.1, -0.05) is 42.1 Å². The van der Waals surface area contributed by atoms with Crippen molar-refractivity contribution in [1.82, 2.24) is 20.1 Å². The quantitative estimate of drug-likeness (QED) is 0.314. The molecule has 184 valence electrons. The molecule has 0 spiro atoms. The minimum Gasteiger partial charge on any atom is -0.484 e. The molecular weight excluding hydrogens is 488 g/mol. The number of ether oxygens (including phenoxy) is 1. The fourth-order valence-electron chi connectivity index (χ4n) is 3.13. The molecule has 11 heteroatoms. The molecule has 0 fully saturated rings. The summed E-state index contributed by atoms with van der Waals surface area (Å²) in [7, 11) is 0. The Hall–Kier alpha value is -4.25. The van der Waals surface area contributed by atoms with Crippen LogP contribution in [-0.4, -0.2) is 38.9 Å². The normalized spacial score (nSPS) is 10.6. The lowest BCUT2D eigenvalue weighted by atomic mass is 10.3. The van der Waals surface area contributed by atoms with Crippen molar-refractivity contribution in [2.75, 3.05) is 17.7 Å². The van der Waals surface area contributed by atoms with Gasteiger partial charge >= 0.3 is 0 Å². The molecule has 1 aromatic heterocycles. The first kappa shape index (κ1) is 24.9. The molecule has 3 aromatic carbocycles. The van der Waals surface area contributed by atoms with Crippen LogP contribution in [0.4, 0.5) is 14.5 Å². The highest BCUT2D eigenvalue weighted by atomic mass is 32.2. The molecule has 0 unspecified atom stereocenters. The molecule has 1 heterocycles. The molecule has 0 aliphatic rings. The van der Waals surface area contributed by atoms with Crippen molar-refractivity contribution in [1.29, 1.82) is 0 Å². The van der Waals surface area contributed by atoms with E-state index >= 15 is 0 Å². The van der Waals surface area contributed by atoms with Crippen molar-refractivity contribution in [2.24, 2.45) is 0 Å². The summed E-state index contributed by atoms with van der Waals surface area (Å²) in [4.78, 5) is 24.6. The lowest BCUT2D eigenvalue weighted by Gasteiger charge is -2.11. The summed E-state index contributed by atoms with van der Waals surface area (Å²) < 4.78 is 34.4. The first-order valence-electron chi connectivity index (χ1n) is 10.8. The van der Waals surface area contributed by atoms with Crippen LogP contribution in [0.1, 0.15) is 5.82 Å². The fourth-order valence-corrected chi connectivity index (χ4v) is 3.90. The summed E-state index contributed by atoms with van der Waals surface area (Å²) in [5.74, 6) is -0.915. The third kappa shape index (κ3) is 6.66. The SMILES string of the molecule is O=C(COc1ccccc1)NCc1nnc(SCC(=O)Nc2ccccc2F)n1-c1ccc(F)cc1. The van der Waals surface area contributed by atoms with Gasteiger partial charge in [-0.15, -0.1) is 10.2 Å². The maximum Gasteiger partial charge on any atom is 0.258 e. The monoisotopic (exact) mass is 509 g/mol. The average molecular weight is 510 g/mol. The van der Waals surface area contributed by atoms with Gasteiger partial charge in [-0.05, 0) is 48.5 Å². The molecule has 0 aliphatic heterocycles. The molecule has 0 aliphatic carbocycles. The van der Waals surface area contributed by atoms with E-state index in [4.69, 9.17) is 4.74 Å². The van der Waals surface area contributed by atoms with E-state index in [1.54, 1.807) is 34.9 Å². The van der Waals surface area contributed by atoms with Gasteiger partial charge in [-0.3, -0.25) is 14.2 Å². The fraction of sp³-hybridized carbons (Fsp3) is 0.120. The number of nitrogens with one attached hydrogen (secondary N) is 2. The van der Waals surface area contributed by atoms with Crippen LogP contribution in [0.25, 0.3) is 5.69 Å². The molecule has 0 saturated heterocycles. The second kappa shape index (κ2) is 11.9. The standard InChI is InChI=1S/C25H21F2N5O3S/c26-17-10-12-18(13-11-17)32-22(14-28-23(33)15-35-19-6-2-1-3-7-19)30-31-25(32)36-16-24(34)29-21-9-5-4-8-20(21)27/h1-13H,14-16H2,(H,28,33)(H,29,34). The third-order valence-corrected chi connectivity index (χ3v) is 5.75. The summed E-state index contributed by atoms with van der Waals surface area (Å²) in [6.07, 6.45) is 0. The molecule has 2 amide bonds. The first-order chi connectivity index (χ1) is 17.5.